The molecule has 1 saturated heterocycles. The molecule has 8 heteroatoms. The number of rotatable bonds is 9. The largest absolute Gasteiger partial charge is 0.494 e. The van der Waals surface area contributed by atoms with E-state index in [1.165, 1.54) is 32.1 Å². The van der Waals surface area contributed by atoms with Crippen molar-refractivity contribution in [3.8, 4) is 5.75 Å². The Morgan fingerprint density at radius 1 is 1.24 bits per heavy atom. The van der Waals surface area contributed by atoms with Crippen molar-refractivity contribution < 1.29 is 9.47 Å². The van der Waals surface area contributed by atoms with Crippen LogP contribution in [0.1, 0.15) is 51.0 Å². The van der Waals surface area contributed by atoms with E-state index in [1.807, 2.05) is 31.2 Å². The van der Waals surface area contributed by atoms with Crippen LogP contribution in [0.25, 0.3) is 10.9 Å². The summed E-state index contributed by atoms with van der Waals surface area (Å²) in [5, 5.41) is 5.33. The highest BCUT2D eigenvalue weighted by molar-refractivity contribution is 7.80. The normalized spacial score (nSPS) is 17.6. The summed E-state index contributed by atoms with van der Waals surface area (Å²) in [6, 6.07) is 8.20. The number of hydrogen-bond acceptors (Lipinski definition) is 5. The number of hydrogen-bond donors (Lipinski definition) is 2. The molecule has 0 radical (unpaired) electrons. The molecule has 0 bridgehead atoms. The quantitative estimate of drug-likeness (QED) is 0.524. The zero-order valence-electron chi connectivity index (χ0n) is 20.3. The van der Waals surface area contributed by atoms with E-state index in [1.54, 1.807) is 0 Å². The first-order chi connectivity index (χ1) is 16.6. The smallest absolute Gasteiger partial charge is 0.253 e. The Morgan fingerprint density at radius 2 is 2.03 bits per heavy atom. The van der Waals surface area contributed by atoms with Gasteiger partial charge in [0.25, 0.3) is 5.56 Å². The number of ether oxygens (including phenoxy) is 2. The van der Waals surface area contributed by atoms with E-state index < -0.39 is 0 Å². The van der Waals surface area contributed by atoms with Gasteiger partial charge in [0, 0.05) is 48.7 Å². The molecule has 1 saturated carbocycles. The fourth-order valence-corrected chi connectivity index (χ4v) is 5.21. The van der Waals surface area contributed by atoms with Crippen molar-refractivity contribution in [2.45, 2.75) is 58.0 Å². The number of aromatic nitrogens is 1. The molecule has 0 atom stereocenters. The first-order valence-corrected chi connectivity index (χ1v) is 13.2. The molecule has 34 heavy (non-hydrogen) atoms. The summed E-state index contributed by atoms with van der Waals surface area (Å²) < 4.78 is 11.1. The van der Waals surface area contributed by atoms with Gasteiger partial charge in [-0.15, -0.1) is 0 Å². The van der Waals surface area contributed by atoms with Crippen molar-refractivity contribution in [1.29, 1.82) is 0 Å². The lowest BCUT2D eigenvalue weighted by Gasteiger charge is -2.32. The SMILES string of the molecule is CCOc1ccc2[nH]c(=O)c(CN(CCCN3CCOCC3)C(=S)NC3CCCCC3)cc2c1. The third-order valence-electron chi connectivity index (χ3n) is 6.79. The average Bonchev–Trinajstić information content (AvgIpc) is 2.85. The minimum absolute atomic E-state index is 0.0599. The van der Waals surface area contributed by atoms with Gasteiger partial charge in [-0.05, 0) is 62.7 Å². The molecule has 0 spiro atoms. The number of benzene rings is 1. The molecule has 2 N–H and O–H groups in total. The lowest BCUT2D eigenvalue weighted by atomic mass is 9.96. The first-order valence-electron chi connectivity index (χ1n) is 12.8. The third-order valence-corrected chi connectivity index (χ3v) is 7.17. The van der Waals surface area contributed by atoms with Gasteiger partial charge in [0.05, 0.1) is 26.4 Å². The summed E-state index contributed by atoms with van der Waals surface area (Å²) in [6.45, 7) is 8.48. The van der Waals surface area contributed by atoms with E-state index in [0.29, 0.717) is 19.2 Å². The molecule has 1 aromatic heterocycles. The summed E-state index contributed by atoms with van der Waals surface area (Å²) in [5.74, 6) is 0.810. The minimum Gasteiger partial charge on any atom is -0.494 e. The third kappa shape index (κ3) is 6.93. The van der Waals surface area contributed by atoms with E-state index in [9.17, 15) is 4.79 Å². The van der Waals surface area contributed by atoms with Crippen LogP contribution in [-0.4, -0.2) is 71.9 Å². The molecule has 2 aromatic rings. The number of aromatic amines is 1. The molecule has 2 fully saturated rings. The maximum Gasteiger partial charge on any atom is 0.253 e. The van der Waals surface area contributed by atoms with Gasteiger partial charge in [-0.2, -0.15) is 0 Å². The molecule has 0 unspecified atom stereocenters. The molecule has 2 heterocycles. The molecule has 7 nitrogen and oxygen atoms in total. The number of pyridine rings is 1. The Balaban J connectivity index is 1.48. The fourth-order valence-electron chi connectivity index (χ4n) is 4.88. The lowest BCUT2D eigenvalue weighted by molar-refractivity contribution is 0.0367. The Hall–Kier alpha value is -2.16. The summed E-state index contributed by atoms with van der Waals surface area (Å²) >= 11 is 5.87. The predicted octanol–water partition coefficient (Wildman–Crippen LogP) is 3.66. The molecule has 1 aromatic carbocycles. The summed E-state index contributed by atoms with van der Waals surface area (Å²) in [6.07, 6.45) is 7.14. The zero-order chi connectivity index (χ0) is 23.8. The van der Waals surface area contributed by atoms with Crippen molar-refractivity contribution in [3.05, 3.63) is 40.2 Å². The number of morpholine rings is 1. The van der Waals surface area contributed by atoms with E-state index >= 15 is 0 Å². The van der Waals surface area contributed by atoms with Gasteiger partial charge in [0.1, 0.15) is 5.75 Å². The van der Waals surface area contributed by atoms with Gasteiger partial charge in [-0.3, -0.25) is 9.69 Å². The van der Waals surface area contributed by atoms with Crippen LogP contribution in [0, 0.1) is 0 Å². The Kier molecular flexibility index (Phi) is 9.18. The summed E-state index contributed by atoms with van der Waals surface area (Å²) in [5.41, 5.74) is 1.48. The first kappa shape index (κ1) is 24.9. The molecule has 1 aliphatic heterocycles. The average molecular weight is 487 g/mol. The zero-order valence-corrected chi connectivity index (χ0v) is 21.1. The molecular weight excluding hydrogens is 448 g/mol. The number of nitrogens with zero attached hydrogens (tertiary/aromatic N) is 2. The van der Waals surface area contributed by atoms with E-state index in [4.69, 9.17) is 21.7 Å². The van der Waals surface area contributed by atoms with Crippen LogP contribution in [0.5, 0.6) is 5.75 Å². The molecule has 4 rings (SSSR count). The fraction of sp³-hybridized carbons (Fsp3) is 0.615. The second-order valence-electron chi connectivity index (χ2n) is 9.32. The van der Waals surface area contributed by atoms with E-state index in [2.05, 4.69) is 20.1 Å². The van der Waals surface area contributed by atoms with Gasteiger partial charge < -0.3 is 24.7 Å². The maximum atomic E-state index is 12.9. The van der Waals surface area contributed by atoms with Crippen LogP contribution in [0.3, 0.4) is 0 Å². The molecule has 186 valence electrons. The van der Waals surface area contributed by atoms with Crippen molar-refractivity contribution in [3.63, 3.8) is 0 Å². The second kappa shape index (κ2) is 12.5. The predicted molar refractivity (Wildman–Crippen MR) is 141 cm³/mol. The highest BCUT2D eigenvalue weighted by Crippen LogP contribution is 2.21. The van der Waals surface area contributed by atoms with Crippen LogP contribution in [0.2, 0.25) is 0 Å². The van der Waals surface area contributed by atoms with E-state index in [0.717, 1.165) is 73.1 Å². The Morgan fingerprint density at radius 3 is 2.79 bits per heavy atom. The van der Waals surface area contributed by atoms with Gasteiger partial charge in [-0.25, -0.2) is 0 Å². The topological polar surface area (TPSA) is 69.8 Å². The minimum atomic E-state index is -0.0599. The van der Waals surface area contributed by atoms with Crippen LogP contribution in [0.15, 0.2) is 29.1 Å². The van der Waals surface area contributed by atoms with Crippen LogP contribution >= 0.6 is 12.2 Å². The number of fused-ring (bicyclic) bond motifs is 1. The van der Waals surface area contributed by atoms with Crippen molar-refractivity contribution in [2.24, 2.45) is 0 Å². The molecule has 0 amide bonds. The molecular formula is C26H38N4O3S. The van der Waals surface area contributed by atoms with Crippen molar-refractivity contribution in [2.75, 3.05) is 46.0 Å². The van der Waals surface area contributed by atoms with E-state index in [-0.39, 0.29) is 5.56 Å². The molecule has 2 aliphatic rings. The van der Waals surface area contributed by atoms with Crippen molar-refractivity contribution >= 4 is 28.2 Å². The standard InChI is InChI=1S/C26H38N4O3S/c1-2-33-23-9-10-24-20(18-23)17-21(25(31)28-24)19-30(12-6-11-29-13-15-32-16-14-29)26(34)27-22-7-4-3-5-8-22/h9-10,17-18,22H,2-8,11-16,19H2,1H3,(H,27,34)(H,28,31). The number of thiocarbonyl (C=S) groups is 1. The van der Waals surface area contributed by atoms with Gasteiger partial charge in [-0.1, -0.05) is 19.3 Å². The van der Waals surface area contributed by atoms with Crippen LogP contribution in [0.4, 0.5) is 0 Å². The highest BCUT2D eigenvalue weighted by atomic mass is 32.1. The number of nitrogens with one attached hydrogen (secondary N) is 2. The van der Waals surface area contributed by atoms with Gasteiger partial charge in [0.15, 0.2) is 5.11 Å². The van der Waals surface area contributed by atoms with Gasteiger partial charge >= 0.3 is 0 Å². The Bertz CT molecular complexity index is 999. The summed E-state index contributed by atoms with van der Waals surface area (Å²) in [7, 11) is 0. The highest BCUT2D eigenvalue weighted by Gasteiger charge is 2.19. The monoisotopic (exact) mass is 486 g/mol. The molecule has 1 aliphatic carbocycles. The van der Waals surface area contributed by atoms with Crippen molar-refractivity contribution in [1.82, 2.24) is 20.1 Å². The van der Waals surface area contributed by atoms with Crippen LogP contribution < -0.4 is 15.6 Å². The van der Waals surface area contributed by atoms with Crippen LogP contribution in [-0.2, 0) is 11.3 Å². The summed E-state index contributed by atoms with van der Waals surface area (Å²) in [4.78, 5) is 20.6. The Labute approximate surface area is 207 Å². The van der Waals surface area contributed by atoms with Gasteiger partial charge in [0.2, 0.25) is 0 Å². The second-order valence-corrected chi connectivity index (χ2v) is 9.71. The number of H-pyrrole nitrogens is 1. The lowest BCUT2D eigenvalue weighted by Crippen LogP contribution is -2.46. The maximum absolute atomic E-state index is 12.9.